The average Bonchev–Trinajstić information content (AvgIpc) is 3.10. The van der Waals surface area contributed by atoms with E-state index in [1.165, 1.54) is 4.90 Å². The van der Waals surface area contributed by atoms with E-state index < -0.39 is 18.2 Å². The second-order valence-corrected chi connectivity index (χ2v) is 8.66. The van der Waals surface area contributed by atoms with Crippen LogP contribution in [0.2, 0.25) is 10.0 Å². The number of carbonyl (C=O) groups excluding carboxylic acids is 2. The van der Waals surface area contributed by atoms with Crippen molar-refractivity contribution in [2.45, 2.75) is 32.1 Å². The summed E-state index contributed by atoms with van der Waals surface area (Å²) in [4.78, 5) is 37.5. The molecule has 0 saturated carbocycles. The minimum absolute atomic E-state index is 0.276. The maximum absolute atomic E-state index is 12.5. The van der Waals surface area contributed by atoms with E-state index in [1.54, 1.807) is 7.05 Å². The quantitative estimate of drug-likeness (QED) is 0.756. The highest BCUT2D eigenvalue weighted by Gasteiger charge is 2.49. The Bertz CT molecular complexity index is 851. The zero-order valence-corrected chi connectivity index (χ0v) is 18.7. The lowest BCUT2D eigenvalue weighted by molar-refractivity contribution is -0.127. The Morgan fingerprint density at radius 2 is 1.80 bits per heavy atom. The molecule has 1 aromatic rings. The molecule has 0 aromatic heterocycles. The van der Waals surface area contributed by atoms with Crippen LogP contribution in [0.25, 0.3) is 0 Å². The smallest absolute Gasteiger partial charge is 0.325 e. The van der Waals surface area contributed by atoms with Crippen molar-refractivity contribution in [1.82, 2.24) is 24.9 Å². The van der Waals surface area contributed by atoms with Gasteiger partial charge >= 0.3 is 6.03 Å². The number of halogens is 2. The molecule has 3 amide bonds. The van der Waals surface area contributed by atoms with E-state index in [9.17, 15) is 9.59 Å². The summed E-state index contributed by atoms with van der Waals surface area (Å²) in [5, 5.41) is 3.80. The third-order valence-corrected chi connectivity index (χ3v) is 6.61. The van der Waals surface area contributed by atoms with Crippen LogP contribution in [0, 0.1) is 0 Å². The van der Waals surface area contributed by atoms with E-state index in [4.69, 9.17) is 28.2 Å². The summed E-state index contributed by atoms with van der Waals surface area (Å²) >= 11 is 12.7. The maximum Gasteiger partial charge on any atom is 0.325 e. The van der Waals surface area contributed by atoms with E-state index in [0.717, 1.165) is 44.1 Å². The van der Waals surface area contributed by atoms with Gasteiger partial charge in [0.05, 0.1) is 0 Å². The monoisotopic (exact) mass is 452 g/mol. The lowest BCUT2D eigenvalue weighted by Gasteiger charge is -2.40. The summed E-state index contributed by atoms with van der Waals surface area (Å²) in [5.41, 5.74) is 0.947. The molecule has 8 nitrogen and oxygen atoms in total. The number of urea groups is 1. The van der Waals surface area contributed by atoms with Crippen molar-refractivity contribution in [2.24, 2.45) is 4.99 Å². The number of imide groups is 1. The fraction of sp³-hybridized carbons (Fsp3) is 0.550. The van der Waals surface area contributed by atoms with Crippen LogP contribution in [0.4, 0.5) is 4.79 Å². The third kappa shape index (κ3) is 3.84. The van der Waals surface area contributed by atoms with Crippen LogP contribution in [-0.4, -0.2) is 89.5 Å². The van der Waals surface area contributed by atoms with Gasteiger partial charge in [-0.2, -0.15) is 0 Å². The van der Waals surface area contributed by atoms with Crippen LogP contribution in [0.3, 0.4) is 0 Å². The zero-order valence-electron chi connectivity index (χ0n) is 17.1. The number of hydrogen-bond donors (Lipinski definition) is 1. The van der Waals surface area contributed by atoms with Gasteiger partial charge in [0, 0.05) is 61.9 Å². The van der Waals surface area contributed by atoms with E-state index in [1.807, 2.05) is 23.1 Å². The molecular weight excluding hydrogens is 427 g/mol. The molecule has 162 valence electrons. The molecule has 1 aromatic carbocycles. The van der Waals surface area contributed by atoms with Gasteiger partial charge in [-0.15, -0.1) is 0 Å². The maximum atomic E-state index is 12.5. The second-order valence-electron chi connectivity index (χ2n) is 7.85. The topological polar surface area (TPSA) is 71.5 Å². The summed E-state index contributed by atoms with van der Waals surface area (Å²) < 4.78 is 0. The number of fused-ring (bicyclic) bond motifs is 1. The summed E-state index contributed by atoms with van der Waals surface area (Å²) in [5.74, 6) is 0.529. The zero-order chi connectivity index (χ0) is 21.4. The Kier molecular flexibility index (Phi) is 6.09. The molecule has 3 heterocycles. The number of piperazine rings is 1. The van der Waals surface area contributed by atoms with Gasteiger partial charge in [0.2, 0.25) is 0 Å². The van der Waals surface area contributed by atoms with Crippen LogP contribution < -0.4 is 5.32 Å². The van der Waals surface area contributed by atoms with Crippen molar-refractivity contribution in [2.75, 3.05) is 39.8 Å². The molecule has 0 aliphatic carbocycles. The summed E-state index contributed by atoms with van der Waals surface area (Å²) in [7, 11) is 1.68. The van der Waals surface area contributed by atoms with Gasteiger partial charge in [-0.05, 0) is 18.6 Å². The van der Waals surface area contributed by atoms with Crippen molar-refractivity contribution in [3.05, 3.63) is 33.8 Å². The molecule has 0 radical (unpaired) electrons. The first kappa shape index (κ1) is 21.2. The summed E-state index contributed by atoms with van der Waals surface area (Å²) in [6, 6.07) is 4.70. The van der Waals surface area contributed by atoms with Crippen LogP contribution in [0.5, 0.6) is 0 Å². The van der Waals surface area contributed by atoms with E-state index in [0.29, 0.717) is 23.1 Å². The Morgan fingerprint density at radius 3 is 2.43 bits per heavy atom. The van der Waals surface area contributed by atoms with Crippen LogP contribution in [0.15, 0.2) is 23.2 Å². The fourth-order valence-electron chi connectivity index (χ4n) is 4.27. The molecule has 0 spiro atoms. The number of benzene rings is 1. The normalized spacial score (nSPS) is 24.8. The van der Waals surface area contributed by atoms with Gasteiger partial charge in [0.1, 0.15) is 0 Å². The molecule has 30 heavy (non-hydrogen) atoms. The Balaban J connectivity index is 1.47. The first-order valence-electron chi connectivity index (χ1n) is 10.2. The Hall–Kier alpha value is -2.03. The Labute approximate surface area is 186 Å². The predicted octanol–water partition coefficient (Wildman–Crippen LogP) is 2.07. The molecule has 10 heteroatoms. The van der Waals surface area contributed by atoms with E-state index >= 15 is 0 Å². The summed E-state index contributed by atoms with van der Waals surface area (Å²) in [6.07, 6.45) is 0.408. The van der Waals surface area contributed by atoms with Crippen LogP contribution in [-0.2, 0) is 11.3 Å². The number of likely N-dealkylation sites (N-methyl/N-ethyl adjacent to an activating group) is 1. The van der Waals surface area contributed by atoms with Gasteiger partial charge < -0.3 is 14.7 Å². The second kappa shape index (κ2) is 8.61. The average molecular weight is 453 g/mol. The number of nitrogens with zero attached hydrogens (tertiary/aromatic N) is 5. The van der Waals surface area contributed by atoms with Crippen molar-refractivity contribution in [1.29, 1.82) is 0 Å². The third-order valence-electron chi connectivity index (χ3n) is 5.90. The highest BCUT2D eigenvalue weighted by atomic mass is 35.5. The van der Waals surface area contributed by atoms with Crippen LogP contribution >= 0.6 is 23.2 Å². The molecule has 3 aliphatic rings. The molecule has 2 atom stereocenters. The SMILES string of the molecule is CCCN1C(N2CCN(Cc3c(Cl)cccc3Cl)CC2)=NC2C1C(=O)NC(=O)N2C. The Morgan fingerprint density at radius 1 is 1.13 bits per heavy atom. The lowest BCUT2D eigenvalue weighted by Crippen LogP contribution is -2.64. The highest BCUT2D eigenvalue weighted by Crippen LogP contribution is 2.28. The molecule has 3 aliphatic heterocycles. The van der Waals surface area contributed by atoms with Gasteiger partial charge in [0.25, 0.3) is 5.91 Å². The fourth-order valence-corrected chi connectivity index (χ4v) is 4.78. The number of nitrogens with one attached hydrogen (secondary N) is 1. The van der Waals surface area contributed by atoms with Crippen molar-refractivity contribution in [3.8, 4) is 0 Å². The van der Waals surface area contributed by atoms with Gasteiger partial charge in [0.15, 0.2) is 18.2 Å². The van der Waals surface area contributed by atoms with E-state index in [-0.39, 0.29) is 5.91 Å². The molecule has 2 unspecified atom stereocenters. The van der Waals surface area contributed by atoms with Crippen molar-refractivity contribution < 1.29 is 9.59 Å². The lowest BCUT2D eigenvalue weighted by atomic mass is 10.1. The number of rotatable bonds is 4. The standard InChI is InChI=1S/C20H26Cl2N6O2/c1-3-7-28-16-17(25(2)20(30)24-18(16)29)23-19(28)27-10-8-26(9-11-27)12-13-14(21)5-4-6-15(13)22/h4-6,16-17H,3,7-12H2,1-2H3,(H,24,29,30). The molecule has 0 bridgehead atoms. The predicted molar refractivity (Wildman–Crippen MR) is 117 cm³/mol. The molecule has 4 rings (SSSR count). The number of guanidine groups is 1. The van der Waals surface area contributed by atoms with E-state index in [2.05, 4.69) is 22.0 Å². The van der Waals surface area contributed by atoms with Crippen molar-refractivity contribution in [3.63, 3.8) is 0 Å². The molecule has 1 N–H and O–H groups in total. The van der Waals surface area contributed by atoms with Gasteiger partial charge in [-0.3, -0.25) is 15.0 Å². The highest BCUT2D eigenvalue weighted by molar-refractivity contribution is 6.35. The molecular formula is C20H26Cl2N6O2. The first-order chi connectivity index (χ1) is 14.4. The van der Waals surface area contributed by atoms with Gasteiger partial charge in [-0.1, -0.05) is 36.2 Å². The minimum Gasteiger partial charge on any atom is -0.340 e. The molecule has 2 saturated heterocycles. The number of amides is 3. The number of carbonyl (C=O) groups is 2. The van der Waals surface area contributed by atoms with Crippen molar-refractivity contribution >= 4 is 41.1 Å². The largest absolute Gasteiger partial charge is 0.340 e. The number of hydrogen-bond acceptors (Lipinski definition) is 6. The summed E-state index contributed by atoms with van der Waals surface area (Å²) in [6.45, 7) is 6.70. The van der Waals surface area contributed by atoms with Gasteiger partial charge in [-0.25, -0.2) is 9.79 Å². The minimum atomic E-state index is -0.479. The van der Waals surface area contributed by atoms with Crippen LogP contribution in [0.1, 0.15) is 18.9 Å². The molecule has 2 fully saturated rings. The number of aliphatic imine (C=N–C) groups is 1. The first-order valence-corrected chi connectivity index (χ1v) is 11.0.